The third-order valence-corrected chi connectivity index (χ3v) is 3.17. The summed E-state index contributed by atoms with van der Waals surface area (Å²) in [5.41, 5.74) is 0.706. The van der Waals surface area contributed by atoms with Crippen LogP contribution in [-0.2, 0) is 0 Å². The van der Waals surface area contributed by atoms with Gasteiger partial charge in [-0.3, -0.25) is 0 Å². The maximum Gasteiger partial charge on any atom is 0.373 e. The first-order valence-electron chi connectivity index (χ1n) is 3.85. The highest BCUT2D eigenvalue weighted by atomic mass is 32.1. The molecule has 0 bridgehead atoms. The van der Waals surface area contributed by atoms with Gasteiger partial charge in [-0.25, -0.2) is 14.8 Å². The third kappa shape index (κ3) is 1.49. The van der Waals surface area contributed by atoms with E-state index in [1.165, 1.54) is 11.3 Å². The van der Waals surface area contributed by atoms with Gasteiger partial charge < -0.3 is 5.11 Å². The molecule has 0 radical (unpaired) electrons. The minimum absolute atomic E-state index is 0.137. The normalized spacial score (nSPS) is 10.7. The molecule has 0 aromatic carbocycles. The molecule has 0 amide bonds. The smallest absolute Gasteiger partial charge is 0.373 e. The van der Waals surface area contributed by atoms with E-state index < -0.39 is 5.97 Å². The van der Waals surface area contributed by atoms with Gasteiger partial charge in [-0.05, 0) is 13.0 Å². The van der Waals surface area contributed by atoms with Gasteiger partial charge in [-0.15, -0.1) is 11.3 Å². The highest BCUT2D eigenvalue weighted by molar-refractivity contribution is 7.45. The van der Waals surface area contributed by atoms with Gasteiger partial charge in [0.1, 0.15) is 4.83 Å². The maximum absolute atomic E-state index is 10.7. The number of aromatic carboxylic acids is 1. The van der Waals surface area contributed by atoms with Crippen molar-refractivity contribution in [3.8, 4) is 0 Å². The van der Waals surface area contributed by atoms with Crippen molar-refractivity contribution in [2.45, 2.75) is 6.92 Å². The van der Waals surface area contributed by atoms with Crippen LogP contribution in [0.15, 0.2) is 6.07 Å². The lowest BCUT2D eigenvalue weighted by atomic mass is 10.3. The van der Waals surface area contributed by atoms with Crippen LogP contribution in [0.4, 0.5) is 0 Å². The molecule has 0 aliphatic rings. The van der Waals surface area contributed by atoms with E-state index in [2.05, 4.69) is 19.2 Å². The fraction of sp³-hybridized carbons (Fsp3) is 0.125. The summed E-state index contributed by atoms with van der Waals surface area (Å²) in [5.74, 6) is -1.23. The molecule has 0 aliphatic heterocycles. The van der Waals surface area contributed by atoms with Crippen molar-refractivity contribution in [3.63, 3.8) is 0 Å². The summed E-state index contributed by atoms with van der Waals surface area (Å²) in [4.78, 5) is 19.3. The molecule has 14 heavy (non-hydrogen) atoms. The van der Waals surface area contributed by atoms with Crippen LogP contribution in [0.25, 0.3) is 10.2 Å². The lowest BCUT2D eigenvalue weighted by molar-refractivity contribution is 0.0684. The predicted molar refractivity (Wildman–Crippen MR) is 58.5 cm³/mol. The molecule has 1 atom stereocenters. The average Bonchev–Trinajstić information content (AvgIpc) is 2.45. The monoisotopic (exact) mass is 226 g/mol. The molecule has 0 aliphatic carbocycles. The molecule has 1 unspecified atom stereocenters. The van der Waals surface area contributed by atoms with Crippen molar-refractivity contribution < 1.29 is 9.90 Å². The average molecular weight is 226 g/mol. The van der Waals surface area contributed by atoms with Crippen molar-refractivity contribution in [1.82, 2.24) is 9.97 Å². The van der Waals surface area contributed by atoms with E-state index in [-0.39, 0.29) is 5.82 Å². The van der Waals surface area contributed by atoms with Gasteiger partial charge in [0.2, 0.25) is 5.82 Å². The number of hydrogen-bond acceptors (Lipinski definition) is 4. The molecule has 0 saturated heterocycles. The molecular formula is C8H7N2O2PS. The highest BCUT2D eigenvalue weighted by Crippen LogP contribution is 2.20. The van der Waals surface area contributed by atoms with Crippen molar-refractivity contribution in [1.29, 1.82) is 0 Å². The molecule has 4 nitrogen and oxygen atoms in total. The summed E-state index contributed by atoms with van der Waals surface area (Å²) in [6, 6.07) is 1.94. The molecule has 0 spiro atoms. The van der Waals surface area contributed by atoms with Crippen LogP contribution in [0.2, 0.25) is 0 Å². The number of aromatic nitrogens is 2. The Balaban J connectivity index is 2.77. The van der Waals surface area contributed by atoms with E-state index in [9.17, 15) is 4.79 Å². The van der Waals surface area contributed by atoms with E-state index >= 15 is 0 Å². The summed E-state index contributed by atoms with van der Waals surface area (Å²) < 4.78 is 1.03. The number of hydrogen-bond donors (Lipinski definition) is 1. The summed E-state index contributed by atoms with van der Waals surface area (Å²) in [7, 11) is 2.57. The van der Waals surface area contributed by atoms with Crippen LogP contribution >= 0.6 is 20.6 Å². The van der Waals surface area contributed by atoms with Crippen LogP contribution in [-0.4, -0.2) is 21.0 Å². The largest absolute Gasteiger partial charge is 0.475 e. The number of carbonyl (C=O) groups is 1. The first-order valence-corrected chi connectivity index (χ1v) is 5.24. The molecule has 2 heterocycles. The molecule has 0 saturated carbocycles. The van der Waals surface area contributed by atoms with Crippen molar-refractivity contribution in [2.24, 2.45) is 0 Å². The van der Waals surface area contributed by atoms with Gasteiger partial charge in [0.05, 0.1) is 5.69 Å². The fourth-order valence-electron chi connectivity index (χ4n) is 1.18. The Kier molecular flexibility index (Phi) is 2.21. The molecular weight excluding hydrogens is 219 g/mol. The molecule has 2 aromatic heterocycles. The zero-order chi connectivity index (χ0) is 10.3. The zero-order valence-corrected chi connectivity index (χ0v) is 9.28. The van der Waals surface area contributed by atoms with Gasteiger partial charge in [0.15, 0.2) is 0 Å². The molecule has 2 aromatic rings. The summed E-state index contributed by atoms with van der Waals surface area (Å²) in [5, 5.41) is 9.67. The first kappa shape index (κ1) is 9.49. The third-order valence-electron chi connectivity index (χ3n) is 1.79. The van der Waals surface area contributed by atoms with E-state index in [0.29, 0.717) is 5.69 Å². The Morgan fingerprint density at radius 3 is 2.93 bits per heavy atom. The predicted octanol–water partition coefficient (Wildman–Crippen LogP) is 1.20. The van der Waals surface area contributed by atoms with Gasteiger partial charge >= 0.3 is 5.97 Å². The number of thiophene rings is 1. The van der Waals surface area contributed by atoms with Gasteiger partial charge in [0, 0.05) is 10.0 Å². The quantitative estimate of drug-likeness (QED) is 0.742. The standard InChI is InChI=1S/C8H7N2O2PS/c1-3-4-2-5(13)14-7(4)10-6(9-3)8(11)12/h2H,13H2,1H3,(H,11,12). The Bertz CT molecular complexity index is 523. The van der Waals surface area contributed by atoms with E-state index in [4.69, 9.17) is 5.11 Å². The molecule has 2 rings (SSSR count). The Morgan fingerprint density at radius 2 is 2.29 bits per heavy atom. The molecule has 0 fully saturated rings. The second kappa shape index (κ2) is 3.26. The summed E-state index contributed by atoms with van der Waals surface area (Å²) in [6.07, 6.45) is 0. The van der Waals surface area contributed by atoms with Crippen LogP contribution in [0.3, 0.4) is 0 Å². The van der Waals surface area contributed by atoms with Crippen LogP contribution in [0.5, 0.6) is 0 Å². The second-order valence-corrected chi connectivity index (χ2v) is 4.91. The number of nitrogens with zero attached hydrogens (tertiary/aromatic N) is 2. The number of fused-ring (bicyclic) bond motifs is 1. The number of rotatable bonds is 1. The summed E-state index contributed by atoms with van der Waals surface area (Å²) in [6.45, 7) is 1.78. The second-order valence-electron chi connectivity index (χ2n) is 2.81. The first-order chi connectivity index (χ1) is 6.58. The van der Waals surface area contributed by atoms with Crippen LogP contribution < -0.4 is 4.62 Å². The SMILES string of the molecule is Cc1nc(C(=O)O)nc2sc(P)cc12. The minimum Gasteiger partial charge on any atom is -0.475 e. The lowest BCUT2D eigenvalue weighted by Crippen LogP contribution is -2.04. The van der Waals surface area contributed by atoms with Crippen LogP contribution in [0, 0.1) is 6.92 Å². The lowest BCUT2D eigenvalue weighted by Gasteiger charge is -1.96. The maximum atomic E-state index is 10.7. The van der Waals surface area contributed by atoms with Gasteiger partial charge in [0.25, 0.3) is 0 Å². The topological polar surface area (TPSA) is 63.1 Å². The zero-order valence-electron chi connectivity index (χ0n) is 7.31. The molecule has 6 heteroatoms. The van der Waals surface area contributed by atoms with Gasteiger partial charge in [-0.1, -0.05) is 9.24 Å². The van der Waals surface area contributed by atoms with Crippen molar-refractivity contribution in [2.75, 3.05) is 0 Å². The van der Waals surface area contributed by atoms with Crippen molar-refractivity contribution >= 4 is 41.4 Å². The fourth-order valence-corrected chi connectivity index (χ4v) is 2.53. The number of carboxylic acid groups (broad SMARTS) is 1. The molecule has 72 valence electrons. The number of aryl methyl sites for hydroxylation is 1. The van der Waals surface area contributed by atoms with E-state index in [1.807, 2.05) is 6.07 Å². The Morgan fingerprint density at radius 1 is 1.57 bits per heavy atom. The van der Waals surface area contributed by atoms with Crippen molar-refractivity contribution in [3.05, 3.63) is 17.6 Å². The number of carboxylic acids is 1. The van der Waals surface area contributed by atoms with E-state index in [1.54, 1.807) is 6.92 Å². The Labute approximate surface area is 86.2 Å². The molecule has 1 N–H and O–H groups in total. The minimum atomic E-state index is -1.09. The Hall–Kier alpha value is -1.06. The van der Waals surface area contributed by atoms with Crippen LogP contribution in [0.1, 0.15) is 16.3 Å². The highest BCUT2D eigenvalue weighted by Gasteiger charge is 2.11. The summed E-state index contributed by atoms with van der Waals surface area (Å²) >= 11 is 1.45. The van der Waals surface area contributed by atoms with E-state index in [0.717, 1.165) is 14.8 Å². The van der Waals surface area contributed by atoms with Gasteiger partial charge in [-0.2, -0.15) is 0 Å².